The predicted molar refractivity (Wildman–Crippen MR) is 139 cm³/mol. The molecule has 184 valence electrons. The zero-order valence-corrected chi connectivity index (χ0v) is 20.6. The van der Waals surface area contributed by atoms with Gasteiger partial charge >= 0.3 is 0 Å². The maximum atomic E-state index is 13.3. The van der Waals surface area contributed by atoms with Crippen molar-refractivity contribution in [1.29, 1.82) is 0 Å². The Morgan fingerprint density at radius 2 is 1.69 bits per heavy atom. The summed E-state index contributed by atoms with van der Waals surface area (Å²) in [7, 11) is 0. The second-order valence-corrected chi connectivity index (χ2v) is 9.47. The van der Waals surface area contributed by atoms with Crippen LogP contribution in [0.4, 0.5) is 0 Å². The normalized spacial score (nSPS) is 13.9. The van der Waals surface area contributed by atoms with Gasteiger partial charge in [0.1, 0.15) is 34.2 Å². The Bertz CT molecular complexity index is 1430. The number of hydrogen-bond acceptors (Lipinski definition) is 6. The van der Waals surface area contributed by atoms with Crippen LogP contribution in [0.15, 0.2) is 54.6 Å². The molecule has 0 radical (unpaired) electrons. The number of rotatable bonds is 6. The lowest BCUT2D eigenvalue weighted by Gasteiger charge is -2.29. The minimum atomic E-state index is -0.603. The van der Waals surface area contributed by atoms with Gasteiger partial charge in [-0.25, -0.2) is 0 Å². The number of carbonyl (C=O) groups excluding carboxylic acids is 2. The van der Waals surface area contributed by atoms with Crippen LogP contribution in [0, 0.1) is 6.92 Å². The fourth-order valence-corrected chi connectivity index (χ4v) is 4.26. The van der Waals surface area contributed by atoms with Gasteiger partial charge < -0.3 is 20.1 Å². The quantitative estimate of drug-likeness (QED) is 0.293. The number of phenols is 3. The predicted octanol–water partition coefficient (Wildman–Crippen LogP) is 5.99. The van der Waals surface area contributed by atoms with Crippen molar-refractivity contribution in [3.63, 3.8) is 0 Å². The number of ether oxygens (including phenoxy) is 1. The molecule has 0 saturated heterocycles. The number of fused-ring (bicyclic) bond motifs is 1. The van der Waals surface area contributed by atoms with E-state index in [4.69, 9.17) is 4.74 Å². The van der Waals surface area contributed by atoms with Crippen molar-refractivity contribution < 1.29 is 29.6 Å². The molecule has 0 spiro atoms. The topological polar surface area (TPSA) is 104 Å². The molecule has 0 amide bonds. The lowest BCUT2D eigenvalue weighted by atomic mass is 9.91. The Hall–Kier alpha value is -4.32. The summed E-state index contributed by atoms with van der Waals surface area (Å²) in [4.78, 5) is 25.4. The van der Waals surface area contributed by atoms with Gasteiger partial charge in [0, 0.05) is 23.1 Å². The van der Waals surface area contributed by atoms with E-state index in [1.807, 2.05) is 62.4 Å². The summed E-state index contributed by atoms with van der Waals surface area (Å²) in [6.07, 6.45) is 7.00. The minimum Gasteiger partial charge on any atom is -0.507 e. The first-order valence-electron chi connectivity index (χ1n) is 11.6. The lowest BCUT2D eigenvalue weighted by Crippen LogP contribution is -2.28. The first-order valence-corrected chi connectivity index (χ1v) is 11.6. The number of benzene rings is 3. The van der Waals surface area contributed by atoms with Gasteiger partial charge in [0.25, 0.3) is 0 Å². The average Bonchev–Trinajstić information content (AvgIpc) is 2.83. The number of ketones is 2. The molecule has 6 nitrogen and oxygen atoms in total. The van der Waals surface area contributed by atoms with Crippen LogP contribution in [-0.2, 0) is 6.42 Å². The highest BCUT2D eigenvalue weighted by atomic mass is 16.5. The molecule has 1 heterocycles. The highest BCUT2D eigenvalue weighted by Crippen LogP contribution is 2.43. The lowest BCUT2D eigenvalue weighted by molar-refractivity contribution is 0.100. The van der Waals surface area contributed by atoms with Crippen molar-refractivity contribution in [3.05, 3.63) is 93.6 Å². The van der Waals surface area contributed by atoms with Crippen LogP contribution in [0.2, 0.25) is 0 Å². The van der Waals surface area contributed by atoms with E-state index in [9.17, 15) is 24.9 Å². The van der Waals surface area contributed by atoms with Crippen molar-refractivity contribution in [2.45, 2.75) is 39.7 Å². The van der Waals surface area contributed by atoms with Crippen molar-refractivity contribution in [2.24, 2.45) is 0 Å². The van der Waals surface area contributed by atoms with Crippen molar-refractivity contribution in [3.8, 4) is 23.0 Å². The molecule has 3 N–H and O–H groups in total. The van der Waals surface area contributed by atoms with Crippen LogP contribution >= 0.6 is 0 Å². The molecule has 0 bridgehead atoms. The molecule has 0 atom stereocenters. The summed E-state index contributed by atoms with van der Waals surface area (Å²) >= 11 is 0. The van der Waals surface area contributed by atoms with Crippen LogP contribution in [0.5, 0.6) is 23.0 Å². The number of Topliss-reactive ketones (excluding diaryl/α,β-unsaturated/α-hetero) is 1. The summed E-state index contributed by atoms with van der Waals surface area (Å²) < 4.78 is 6.14. The molecule has 0 fully saturated rings. The van der Waals surface area contributed by atoms with Gasteiger partial charge in [-0.1, -0.05) is 42.5 Å². The number of phenolic OH excluding ortho intramolecular Hbond substituents is 3. The van der Waals surface area contributed by atoms with E-state index in [0.29, 0.717) is 22.4 Å². The van der Waals surface area contributed by atoms with Crippen molar-refractivity contribution >= 4 is 23.7 Å². The molecule has 4 rings (SSSR count). The molecule has 6 heteroatoms. The first kappa shape index (κ1) is 24.8. The fourth-order valence-electron chi connectivity index (χ4n) is 4.26. The van der Waals surface area contributed by atoms with Crippen LogP contribution in [0.1, 0.15) is 69.3 Å². The third-order valence-electron chi connectivity index (χ3n) is 6.19. The Morgan fingerprint density at radius 3 is 2.36 bits per heavy atom. The van der Waals surface area contributed by atoms with Crippen LogP contribution < -0.4 is 4.74 Å². The third kappa shape index (κ3) is 4.75. The number of hydrogen-bond donors (Lipinski definition) is 3. The molecule has 3 aromatic rings. The Kier molecular flexibility index (Phi) is 6.46. The SMILES string of the molecule is CC(=O)c1c(O)c(C)c(O)c(Cc2cc3c(c(C(=O)C=Cc4ccccc4)c2)OC(C)(C)C=C3)c1O. The molecule has 1 aliphatic rings. The van der Waals surface area contributed by atoms with Crippen LogP contribution in [0.25, 0.3) is 12.2 Å². The minimum absolute atomic E-state index is 0.0201. The summed E-state index contributed by atoms with van der Waals surface area (Å²) in [6, 6.07) is 12.9. The summed E-state index contributed by atoms with van der Waals surface area (Å²) in [5, 5.41) is 31.7. The Morgan fingerprint density at radius 1 is 1.00 bits per heavy atom. The first-order chi connectivity index (χ1) is 17.0. The second-order valence-electron chi connectivity index (χ2n) is 9.47. The smallest absolute Gasteiger partial charge is 0.189 e. The summed E-state index contributed by atoms with van der Waals surface area (Å²) in [5.74, 6) is -1.58. The molecule has 0 saturated carbocycles. The second kappa shape index (κ2) is 9.38. The summed E-state index contributed by atoms with van der Waals surface area (Å²) in [5.41, 5.74) is 1.86. The largest absolute Gasteiger partial charge is 0.507 e. The molecule has 3 aromatic carbocycles. The number of aromatic hydroxyl groups is 3. The molecule has 36 heavy (non-hydrogen) atoms. The third-order valence-corrected chi connectivity index (χ3v) is 6.19. The van der Waals surface area contributed by atoms with Gasteiger partial charge in [0.15, 0.2) is 11.6 Å². The van der Waals surface area contributed by atoms with E-state index in [0.717, 1.165) is 5.56 Å². The summed E-state index contributed by atoms with van der Waals surface area (Å²) in [6.45, 7) is 6.49. The van der Waals surface area contributed by atoms with Gasteiger partial charge in [-0.15, -0.1) is 0 Å². The fraction of sp³-hybridized carbons (Fsp3) is 0.200. The van der Waals surface area contributed by atoms with E-state index in [2.05, 4.69) is 0 Å². The van der Waals surface area contributed by atoms with Gasteiger partial charge in [-0.2, -0.15) is 0 Å². The molecule has 0 aliphatic carbocycles. The molecular weight excluding hydrogens is 456 g/mol. The Balaban J connectivity index is 1.82. The van der Waals surface area contributed by atoms with E-state index >= 15 is 0 Å². The monoisotopic (exact) mass is 484 g/mol. The Labute approximate surface area is 209 Å². The van der Waals surface area contributed by atoms with Gasteiger partial charge in [0.2, 0.25) is 0 Å². The van der Waals surface area contributed by atoms with Crippen molar-refractivity contribution in [2.75, 3.05) is 0 Å². The van der Waals surface area contributed by atoms with E-state index in [1.165, 1.54) is 19.9 Å². The molecular formula is C30H28O6. The number of carbonyl (C=O) groups is 2. The van der Waals surface area contributed by atoms with E-state index in [1.54, 1.807) is 12.1 Å². The average molecular weight is 485 g/mol. The van der Waals surface area contributed by atoms with Gasteiger partial charge in [-0.05, 0) is 63.1 Å². The highest BCUT2D eigenvalue weighted by Gasteiger charge is 2.28. The zero-order chi connectivity index (χ0) is 26.2. The van der Waals surface area contributed by atoms with Crippen LogP contribution in [-0.4, -0.2) is 32.5 Å². The molecule has 0 unspecified atom stereocenters. The van der Waals surface area contributed by atoms with Gasteiger partial charge in [0.05, 0.1) is 5.56 Å². The zero-order valence-electron chi connectivity index (χ0n) is 20.6. The molecule has 0 aromatic heterocycles. The van der Waals surface area contributed by atoms with E-state index in [-0.39, 0.29) is 34.6 Å². The number of allylic oxidation sites excluding steroid dienone is 1. The van der Waals surface area contributed by atoms with E-state index < -0.39 is 22.9 Å². The highest BCUT2D eigenvalue weighted by molar-refractivity contribution is 6.09. The maximum Gasteiger partial charge on any atom is 0.189 e. The van der Waals surface area contributed by atoms with Gasteiger partial charge in [-0.3, -0.25) is 9.59 Å². The molecule has 1 aliphatic heterocycles. The standard InChI is InChI=1S/C30H28O6/c1-17-26(33)23(28(35)25(18(2)31)27(17)34)16-20-14-21-12-13-30(3,4)36-29(21)22(15-20)24(32)11-10-19-8-6-5-7-9-19/h5-15,33-35H,16H2,1-4H3. The maximum absolute atomic E-state index is 13.3. The van der Waals surface area contributed by atoms with Crippen LogP contribution in [0.3, 0.4) is 0 Å². The van der Waals surface area contributed by atoms with Crippen molar-refractivity contribution in [1.82, 2.24) is 0 Å².